The van der Waals surface area contributed by atoms with Gasteiger partial charge in [0.25, 0.3) is 5.56 Å². The molecule has 9 nitrogen and oxygen atoms in total. The van der Waals surface area contributed by atoms with E-state index in [1.54, 1.807) is 6.07 Å². The Morgan fingerprint density at radius 3 is 2.73 bits per heavy atom. The normalized spacial score (nSPS) is 21.3. The van der Waals surface area contributed by atoms with Gasteiger partial charge in [-0.25, -0.2) is 9.37 Å². The van der Waals surface area contributed by atoms with E-state index in [0.717, 1.165) is 23.2 Å². The van der Waals surface area contributed by atoms with Gasteiger partial charge in [-0.05, 0) is 25.0 Å². The van der Waals surface area contributed by atoms with Gasteiger partial charge in [-0.3, -0.25) is 23.9 Å². The molecule has 1 saturated carbocycles. The Morgan fingerprint density at radius 1 is 1.22 bits per heavy atom. The fourth-order valence-electron chi connectivity index (χ4n) is 4.82. The Morgan fingerprint density at radius 2 is 2.00 bits per heavy atom. The Kier molecular flexibility index (Phi) is 6.67. The first kappa shape index (κ1) is 23.7. The van der Waals surface area contributed by atoms with Crippen LogP contribution in [0.2, 0.25) is 0 Å². The van der Waals surface area contributed by atoms with E-state index in [9.17, 15) is 18.8 Å². The lowest BCUT2D eigenvalue weighted by Gasteiger charge is -2.26. The van der Waals surface area contributed by atoms with Crippen molar-refractivity contribution in [2.75, 3.05) is 32.0 Å². The number of aromatic nitrogens is 2. The largest absolute Gasteiger partial charge is 0.489 e. The molecule has 1 saturated heterocycles. The van der Waals surface area contributed by atoms with E-state index in [2.05, 4.69) is 9.88 Å². The van der Waals surface area contributed by atoms with Crippen LogP contribution in [0.15, 0.2) is 35.1 Å². The van der Waals surface area contributed by atoms with Crippen molar-refractivity contribution in [1.29, 1.82) is 0 Å². The quantitative estimate of drug-likeness (QED) is 0.398. The standard InChI is InChI=1S/C27H29FN4O5/c1-16-30-23-13-20(12-22(29)26(23)27(35)32(16)24-5-4-19(33)11-25(24)34)37-15-18-3-2-17(10-21(18)28)14-31-6-8-36-9-7-31/h2-3,10,12-13,24H,4-9,11,14-15,29H2,1H3/i24D. The number of aryl methyl sites for hydroxylation is 1. The third-order valence-corrected chi connectivity index (χ3v) is 6.76. The molecule has 1 unspecified atom stereocenters. The Balaban J connectivity index is 1.37. The summed E-state index contributed by atoms with van der Waals surface area (Å²) in [5, 5.41) is 0.0536. The first-order valence-electron chi connectivity index (χ1n) is 12.7. The minimum Gasteiger partial charge on any atom is -0.489 e. The second kappa shape index (κ2) is 10.4. The van der Waals surface area contributed by atoms with Crippen LogP contribution in [0.5, 0.6) is 5.75 Å². The van der Waals surface area contributed by atoms with Gasteiger partial charge in [0, 0.05) is 43.8 Å². The lowest BCUT2D eigenvalue weighted by atomic mass is 9.92. The van der Waals surface area contributed by atoms with Crippen molar-refractivity contribution in [3.8, 4) is 5.75 Å². The van der Waals surface area contributed by atoms with Gasteiger partial charge in [0.2, 0.25) is 0 Å². The van der Waals surface area contributed by atoms with E-state index in [1.807, 2.05) is 6.07 Å². The third kappa shape index (κ3) is 5.26. The molecule has 2 aromatic carbocycles. The molecule has 10 heteroatoms. The Bertz CT molecular complexity index is 1490. The van der Waals surface area contributed by atoms with Crippen LogP contribution in [0.3, 0.4) is 0 Å². The Labute approximate surface area is 214 Å². The predicted octanol–water partition coefficient (Wildman–Crippen LogP) is 2.70. The average molecular weight is 510 g/mol. The molecule has 1 aliphatic carbocycles. The van der Waals surface area contributed by atoms with E-state index < -0.39 is 17.4 Å². The average Bonchev–Trinajstić information content (AvgIpc) is 2.86. The second-order valence-corrected chi connectivity index (χ2v) is 9.39. The Hall–Kier alpha value is -3.63. The number of hydrogen-bond donors (Lipinski definition) is 1. The maximum Gasteiger partial charge on any atom is 0.264 e. The molecule has 2 heterocycles. The van der Waals surface area contributed by atoms with Crippen LogP contribution in [-0.2, 0) is 27.5 Å². The van der Waals surface area contributed by atoms with Gasteiger partial charge in [0.15, 0.2) is 5.78 Å². The lowest BCUT2D eigenvalue weighted by Crippen LogP contribution is -2.36. The molecule has 1 aromatic heterocycles. The van der Waals surface area contributed by atoms with Crippen LogP contribution < -0.4 is 16.0 Å². The number of hydrogen-bond acceptors (Lipinski definition) is 8. The molecule has 194 valence electrons. The summed E-state index contributed by atoms with van der Waals surface area (Å²) in [7, 11) is 0. The summed E-state index contributed by atoms with van der Waals surface area (Å²) < 4.78 is 35.7. The number of nitrogen functional groups attached to an aromatic ring is 1. The zero-order valence-electron chi connectivity index (χ0n) is 21.6. The van der Waals surface area contributed by atoms with Gasteiger partial charge < -0.3 is 15.2 Å². The second-order valence-electron chi connectivity index (χ2n) is 9.39. The van der Waals surface area contributed by atoms with Gasteiger partial charge in [-0.2, -0.15) is 0 Å². The molecule has 0 bridgehead atoms. The van der Waals surface area contributed by atoms with Crippen molar-refractivity contribution < 1.29 is 24.8 Å². The minimum absolute atomic E-state index is 0.0339. The van der Waals surface area contributed by atoms with Gasteiger partial charge in [0.1, 0.15) is 29.8 Å². The number of carbonyl (C=O) groups is 2. The van der Waals surface area contributed by atoms with Gasteiger partial charge in [0.05, 0.1) is 43.6 Å². The molecule has 37 heavy (non-hydrogen) atoms. The highest BCUT2D eigenvalue weighted by atomic mass is 19.1. The SMILES string of the molecule is [2H]C1(n2c(C)nc3cc(OCc4ccc(CN5CCOCC5)cc4F)cc(N)c3c2=O)CCC(=O)CC1=O. The predicted molar refractivity (Wildman–Crippen MR) is 135 cm³/mol. The van der Waals surface area contributed by atoms with Crippen LogP contribution in [0, 0.1) is 12.7 Å². The molecule has 0 radical (unpaired) electrons. The molecule has 2 N–H and O–H groups in total. The fourth-order valence-corrected chi connectivity index (χ4v) is 4.82. The number of fused-ring (bicyclic) bond motifs is 1. The van der Waals surface area contributed by atoms with E-state index in [4.69, 9.17) is 16.6 Å². The van der Waals surface area contributed by atoms with E-state index >= 15 is 0 Å². The molecule has 0 spiro atoms. The molecule has 1 aliphatic heterocycles. The number of ketones is 2. The third-order valence-electron chi connectivity index (χ3n) is 6.76. The lowest BCUT2D eigenvalue weighted by molar-refractivity contribution is -0.132. The molecule has 2 fully saturated rings. The van der Waals surface area contributed by atoms with Gasteiger partial charge >= 0.3 is 0 Å². The monoisotopic (exact) mass is 509 g/mol. The summed E-state index contributed by atoms with van der Waals surface area (Å²) in [6, 6.07) is 6.12. The van der Waals surface area contributed by atoms with E-state index in [1.165, 1.54) is 25.1 Å². The van der Waals surface area contributed by atoms with Crippen molar-refractivity contribution in [2.45, 2.75) is 45.4 Å². The summed E-state index contributed by atoms with van der Waals surface area (Å²) >= 11 is 0. The number of halogens is 1. The van der Waals surface area contributed by atoms with Crippen molar-refractivity contribution in [2.24, 2.45) is 0 Å². The van der Waals surface area contributed by atoms with Crippen LogP contribution in [0.25, 0.3) is 10.9 Å². The van der Waals surface area contributed by atoms with Crippen molar-refractivity contribution in [3.05, 3.63) is 63.5 Å². The molecule has 5 rings (SSSR count). The summed E-state index contributed by atoms with van der Waals surface area (Å²) in [5.41, 5.74) is 7.10. The molecular weight excluding hydrogens is 479 g/mol. The molecule has 1 atom stereocenters. The van der Waals surface area contributed by atoms with E-state index in [-0.39, 0.29) is 59.9 Å². The van der Waals surface area contributed by atoms with E-state index in [0.29, 0.717) is 31.1 Å². The zero-order chi connectivity index (χ0) is 27.0. The molecule has 3 aromatic rings. The number of ether oxygens (including phenoxy) is 2. The number of rotatable bonds is 6. The maximum absolute atomic E-state index is 14.8. The van der Waals surface area contributed by atoms with Crippen LogP contribution in [0.1, 0.15) is 43.6 Å². The fraction of sp³-hybridized carbons (Fsp3) is 0.407. The maximum atomic E-state index is 14.8. The summed E-state index contributed by atoms with van der Waals surface area (Å²) in [6.07, 6.45) is -0.455. The summed E-state index contributed by atoms with van der Waals surface area (Å²) in [4.78, 5) is 44.3. The number of anilines is 1. The summed E-state index contributed by atoms with van der Waals surface area (Å²) in [6.45, 7) is 5.10. The molecule has 2 aliphatic rings. The number of benzene rings is 2. The smallest absolute Gasteiger partial charge is 0.264 e. The highest BCUT2D eigenvalue weighted by Crippen LogP contribution is 2.28. The first-order chi connectivity index (χ1) is 18.2. The number of carbonyl (C=O) groups excluding carboxylic acids is 2. The van der Waals surface area contributed by atoms with Crippen LogP contribution in [-0.4, -0.2) is 52.3 Å². The van der Waals surface area contributed by atoms with Crippen molar-refractivity contribution >= 4 is 28.2 Å². The number of morpholine rings is 1. The number of nitrogens with zero attached hydrogens (tertiary/aromatic N) is 3. The summed E-state index contributed by atoms with van der Waals surface area (Å²) in [5.74, 6) is -0.814. The van der Waals surface area contributed by atoms with Crippen molar-refractivity contribution in [1.82, 2.24) is 14.5 Å². The topological polar surface area (TPSA) is 117 Å². The first-order valence-corrected chi connectivity index (χ1v) is 12.2. The van der Waals surface area contributed by atoms with Gasteiger partial charge in [-0.15, -0.1) is 0 Å². The van der Waals surface area contributed by atoms with Crippen LogP contribution >= 0.6 is 0 Å². The highest BCUT2D eigenvalue weighted by Gasteiger charge is 2.31. The number of nitrogens with two attached hydrogens (primary N) is 1. The minimum atomic E-state index is -1.91. The number of Topliss-reactive ketones (excluding diaryl/α,β-unsaturated/α-hetero) is 2. The van der Waals surface area contributed by atoms with Crippen molar-refractivity contribution in [3.63, 3.8) is 0 Å². The molecule has 0 amide bonds. The highest BCUT2D eigenvalue weighted by molar-refractivity contribution is 6.03. The zero-order valence-corrected chi connectivity index (χ0v) is 20.6. The van der Waals surface area contributed by atoms with Gasteiger partial charge in [-0.1, -0.05) is 12.1 Å². The van der Waals surface area contributed by atoms with Crippen LogP contribution in [0.4, 0.5) is 10.1 Å². The molecular formula is C27H29FN4O5.